The van der Waals surface area contributed by atoms with Crippen molar-refractivity contribution in [1.82, 2.24) is 4.90 Å². The van der Waals surface area contributed by atoms with Crippen molar-refractivity contribution in [3.05, 3.63) is 53.6 Å². The number of benzene rings is 2. The number of nitrogens with one attached hydrogen (secondary N) is 2. The molecular formula is C21H23F3N4. The van der Waals surface area contributed by atoms with E-state index in [-0.39, 0.29) is 12.8 Å². The molecule has 2 heterocycles. The fraction of sp³-hybridized carbons (Fsp3) is 0.381. The second-order valence-corrected chi connectivity index (χ2v) is 7.55. The van der Waals surface area contributed by atoms with E-state index in [2.05, 4.69) is 11.4 Å². The molecule has 2 aliphatic heterocycles. The van der Waals surface area contributed by atoms with E-state index in [0.717, 1.165) is 34.7 Å². The van der Waals surface area contributed by atoms with Gasteiger partial charge in [-0.15, -0.1) is 0 Å². The second-order valence-electron chi connectivity index (χ2n) is 7.55. The van der Waals surface area contributed by atoms with Crippen LogP contribution in [0.25, 0.3) is 0 Å². The van der Waals surface area contributed by atoms with Crippen LogP contribution in [0, 0.1) is 11.3 Å². The molecule has 0 aromatic heterocycles. The van der Waals surface area contributed by atoms with Crippen LogP contribution in [0.2, 0.25) is 0 Å². The van der Waals surface area contributed by atoms with Crippen molar-refractivity contribution < 1.29 is 13.2 Å². The van der Waals surface area contributed by atoms with Gasteiger partial charge in [-0.1, -0.05) is 0 Å². The van der Waals surface area contributed by atoms with Crippen LogP contribution in [0.3, 0.4) is 0 Å². The van der Waals surface area contributed by atoms with Gasteiger partial charge in [0.2, 0.25) is 0 Å². The zero-order valence-corrected chi connectivity index (χ0v) is 15.7. The van der Waals surface area contributed by atoms with Crippen molar-refractivity contribution in [3.63, 3.8) is 0 Å². The maximum Gasteiger partial charge on any atom is 0.391 e. The molecular weight excluding hydrogens is 365 g/mol. The molecule has 28 heavy (non-hydrogen) atoms. The lowest BCUT2D eigenvalue weighted by atomic mass is 9.96. The molecule has 0 aliphatic carbocycles. The molecule has 4 nitrogen and oxygen atoms in total. The van der Waals surface area contributed by atoms with E-state index in [1.807, 2.05) is 53.2 Å². The number of hydrogen-bond donors (Lipinski definition) is 2. The monoisotopic (exact) mass is 388 g/mol. The highest BCUT2D eigenvalue weighted by molar-refractivity contribution is 6.00. The zero-order chi connectivity index (χ0) is 19.9. The highest BCUT2D eigenvalue weighted by Gasteiger charge is 2.41. The lowest BCUT2D eigenvalue weighted by Crippen LogP contribution is -2.38. The van der Waals surface area contributed by atoms with Crippen molar-refractivity contribution in [2.75, 3.05) is 30.4 Å². The summed E-state index contributed by atoms with van der Waals surface area (Å²) in [7, 11) is 1.91. The lowest BCUT2D eigenvalue weighted by Gasteiger charge is -2.34. The van der Waals surface area contributed by atoms with E-state index in [0.29, 0.717) is 18.9 Å². The van der Waals surface area contributed by atoms with Crippen LogP contribution >= 0.6 is 0 Å². The van der Waals surface area contributed by atoms with Gasteiger partial charge in [0.05, 0.1) is 5.92 Å². The van der Waals surface area contributed by atoms with Gasteiger partial charge in [-0.25, -0.2) is 0 Å². The Bertz CT molecular complexity index is 868. The van der Waals surface area contributed by atoms with Gasteiger partial charge in [-0.05, 0) is 60.9 Å². The molecule has 0 bridgehead atoms. The van der Waals surface area contributed by atoms with E-state index < -0.39 is 12.1 Å². The van der Waals surface area contributed by atoms with E-state index in [9.17, 15) is 13.2 Å². The van der Waals surface area contributed by atoms with Gasteiger partial charge >= 0.3 is 6.18 Å². The summed E-state index contributed by atoms with van der Waals surface area (Å²) in [5, 5.41) is 11.4. The molecule has 0 radical (unpaired) electrons. The van der Waals surface area contributed by atoms with Crippen LogP contribution in [0.5, 0.6) is 0 Å². The summed E-state index contributed by atoms with van der Waals surface area (Å²) in [5.74, 6) is -0.634. The molecule has 2 aliphatic rings. The van der Waals surface area contributed by atoms with E-state index >= 15 is 0 Å². The Morgan fingerprint density at radius 1 is 1.00 bits per heavy atom. The van der Waals surface area contributed by atoms with Crippen molar-refractivity contribution in [3.8, 4) is 0 Å². The quantitative estimate of drug-likeness (QED) is 0.779. The third kappa shape index (κ3) is 3.66. The van der Waals surface area contributed by atoms with Crippen LogP contribution in [0.15, 0.2) is 42.5 Å². The summed E-state index contributed by atoms with van der Waals surface area (Å²) in [6.07, 6.45) is -3.77. The predicted molar refractivity (Wildman–Crippen MR) is 105 cm³/mol. The molecule has 0 saturated carbocycles. The number of anilines is 3. The Morgan fingerprint density at radius 3 is 2.29 bits per heavy atom. The Kier molecular flexibility index (Phi) is 4.69. The smallest absolute Gasteiger partial charge is 0.372 e. The first-order chi connectivity index (χ1) is 13.3. The summed E-state index contributed by atoms with van der Waals surface area (Å²) in [4.78, 5) is 3.92. The fourth-order valence-electron chi connectivity index (χ4n) is 3.96. The van der Waals surface area contributed by atoms with Crippen molar-refractivity contribution in [2.24, 2.45) is 5.92 Å². The minimum absolute atomic E-state index is 0.155. The first kappa shape index (κ1) is 18.7. The maximum absolute atomic E-state index is 12.8. The summed E-state index contributed by atoms with van der Waals surface area (Å²) in [6, 6.07) is 13.8. The van der Waals surface area contributed by atoms with Gasteiger partial charge in [0, 0.05) is 49.3 Å². The van der Waals surface area contributed by atoms with E-state index in [4.69, 9.17) is 5.41 Å². The Hall–Kier alpha value is -2.70. The normalized spacial score (nSPS) is 17.8. The van der Waals surface area contributed by atoms with Gasteiger partial charge in [0.25, 0.3) is 0 Å². The number of halogens is 3. The van der Waals surface area contributed by atoms with E-state index in [1.165, 1.54) is 0 Å². The summed E-state index contributed by atoms with van der Waals surface area (Å²) >= 11 is 0. The number of amidine groups is 1. The molecule has 0 unspecified atom stereocenters. The zero-order valence-electron chi connectivity index (χ0n) is 15.7. The predicted octanol–water partition coefficient (Wildman–Crippen LogP) is 4.98. The molecule has 0 atom stereocenters. The van der Waals surface area contributed by atoms with Crippen LogP contribution in [-0.2, 0) is 6.54 Å². The standard InChI is InChI=1S/C21H23F3N4/c1-27-13-14-12-17(4-7-19(14)20(27)25)26-16-2-5-18(6-3-16)28-10-8-15(9-11-28)21(22,23)24/h2-7,12,15,25-26H,8-11,13H2,1H3. The van der Waals surface area contributed by atoms with Crippen LogP contribution in [0.4, 0.5) is 30.2 Å². The number of hydrogen-bond acceptors (Lipinski definition) is 3. The van der Waals surface area contributed by atoms with Crippen LogP contribution < -0.4 is 10.2 Å². The maximum atomic E-state index is 12.8. The van der Waals surface area contributed by atoms with Gasteiger partial charge in [-0.2, -0.15) is 13.2 Å². The number of fused-ring (bicyclic) bond motifs is 1. The van der Waals surface area contributed by atoms with Gasteiger partial charge in [0.15, 0.2) is 0 Å². The minimum Gasteiger partial charge on any atom is -0.372 e. The fourth-order valence-corrected chi connectivity index (χ4v) is 3.96. The first-order valence-corrected chi connectivity index (χ1v) is 9.43. The molecule has 148 valence electrons. The summed E-state index contributed by atoms with van der Waals surface area (Å²) < 4.78 is 38.4. The molecule has 0 spiro atoms. The van der Waals surface area contributed by atoms with Gasteiger partial charge < -0.3 is 15.1 Å². The Labute approximate surface area is 162 Å². The Balaban J connectivity index is 1.40. The second kappa shape index (κ2) is 7.04. The topological polar surface area (TPSA) is 42.4 Å². The van der Waals surface area contributed by atoms with E-state index in [1.54, 1.807) is 0 Å². The number of alkyl halides is 3. The minimum atomic E-state index is -4.08. The molecule has 1 saturated heterocycles. The highest BCUT2D eigenvalue weighted by Crippen LogP contribution is 2.35. The first-order valence-electron chi connectivity index (χ1n) is 9.43. The largest absolute Gasteiger partial charge is 0.391 e. The third-order valence-electron chi connectivity index (χ3n) is 5.63. The lowest BCUT2D eigenvalue weighted by molar-refractivity contribution is -0.179. The molecule has 2 aromatic carbocycles. The molecule has 0 amide bonds. The van der Waals surface area contributed by atoms with Gasteiger partial charge in [-0.3, -0.25) is 5.41 Å². The highest BCUT2D eigenvalue weighted by atomic mass is 19.4. The Morgan fingerprint density at radius 2 is 1.64 bits per heavy atom. The summed E-state index contributed by atoms with van der Waals surface area (Å²) in [6.45, 7) is 1.60. The average molecular weight is 388 g/mol. The summed E-state index contributed by atoms with van der Waals surface area (Å²) in [5.41, 5.74) is 4.93. The number of nitrogens with zero attached hydrogens (tertiary/aromatic N) is 2. The van der Waals surface area contributed by atoms with Crippen molar-refractivity contribution in [1.29, 1.82) is 5.41 Å². The molecule has 7 heteroatoms. The van der Waals surface area contributed by atoms with Crippen molar-refractivity contribution >= 4 is 22.9 Å². The van der Waals surface area contributed by atoms with Crippen LogP contribution in [-0.4, -0.2) is 37.0 Å². The third-order valence-corrected chi connectivity index (χ3v) is 5.63. The number of piperidine rings is 1. The van der Waals surface area contributed by atoms with Crippen LogP contribution in [0.1, 0.15) is 24.0 Å². The number of rotatable bonds is 3. The molecule has 2 aromatic rings. The molecule has 4 rings (SSSR count). The SMILES string of the molecule is CN1Cc2cc(Nc3ccc(N4CCC(C(F)(F)F)CC4)cc3)ccc2C1=N. The average Bonchev–Trinajstić information content (AvgIpc) is 2.95. The van der Waals surface area contributed by atoms with Crippen molar-refractivity contribution in [2.45, 2.75) is 25.6 Å². The molecule has 1 fully saturated rings. The van der Waals surface area contributed by atoms with Gasteiger partial charge in [0.1, 0.15) is 5.84 Å². The molecule has 2 N–H and O–H groups in total.